The van der Waals surface area contributed by atoms with Crippen LogP contribution in [0.1, 0.15) is 31.4 Å². The Labute approximate surface area is 109 Å². The van der Waals surface area contributed by atoms with Gasteiger partial charge in [0.1, 0.15) is 0 Å². The maximum Gasteiger partial charge on any atom is 0.306 e. The van der Waals surface area contributed by atoms with E-state index in [1.807, 2.05) is 0 Å². The van der Waals surface area contributed by atoms with Crippen molar-refractivity contribution in [3.63, 3.8) is 0 Å². The summed E-state index contributed by atoms with van der Waals surface area (Å²) in [4.78, 5) is 13.6. The third kappa shape index (κ3) is 2.41. The molecule has 3 nitrogen and oxygen atoms in total. The third-order valence-electron chi connectivity index (χ3n) is 3.93. The maximum absolute atomic E-state index is 11.3. The lowest BCUT2D eigenvalue weighted by Crippen LogP contribution is -2.47. The molecule has 98 valence electrons. The first kappa shape index (κ1) is 13.1. The number of carbonyl (C=O) groups is 1. The van der Waals surface area contributed by atoms with Crippen LogP contribution in [0.4, 0.5) is 0 Å². The molecule has 18 heavy (non-hydrogen) atoms. The van der Waals surface area contributed by atoms with Crippen molar-refractivity contribution in [2.75, 3.05) is 20.2 Å². The SMILES string of the molecule is COC(=O)CCN1CCc2ccccc2C1(C)C. The fourth-order valence-corrected chi connectivity index (χ4v) is 2.76. The van der Waals surface area contributed by atoms with E-state index in [9.17, 15) is 4.79 Å². The second-order valence-electron chi connectivity index (χ2n) is 5.28. The lowest BCUT2D eigenvalue weighted by atomic mass is 9.83. The van der Waals surface area contributed by atoms with E-state index in [0.717, 1.165) is 19.5 Å². The second kappa shape index (κ2) is 5.11. The van der Waals surface area contributed by atoms with Crippen LogP contribution in [-0.2, 0) is 21.5 Å². The molecule has 1 aromatic rings. The van der Waals surface area contributed by atoms with Crippen molar-refractivity contribution in [2.24, 2.45) is 0 Å². The van der Waals surface area contributed by atoms with Crippen molar-refractivity contribution in [3.8, 4) is 0 Å². The van der Waals surface area contributed by atoms with Gasteiger partial charge in [-0.15, -0.1) is 0 Å². The summed E-state index contributed by atoms with van der Waals surface area (Å²) in [7, 11) is 1.44. The van der Waals surface area contributed by atoms with Crippen molar-refractivity contribution in [2.45, 2.75) is 32.2 Å². The van der Waals surface area contributed by atoms with E-state index in [4.69, 9.17) is 4.74 Å². The minimum Gasteiger partial charge on any atom is -0.469 e. The molecule has 0 bridgehead atoms. The molecule has 0 spiro atoms. The number of ether oxygens (including phenoxy) is 1. The maximum atomic E-state index is 11.3. The van der Waals surface area contributed by atoms with Crippen LogP contribution in [-0.4, -0.2) is 31.1 Å². The number of fused-ring (bicyclic) bond motifs is 1. The molecule has 1 heterocycles. The van der Waals surface area contributed by atoms with E-state index < -0.39 is 0 Å². The number of hydrogen-bond donors (Lipinski definition) is 0. The van der Waals surface area contributed by atoms with Gasteiger partial charge in [0, 0.05) is 18.6 Å². The largest absolute Gasteiger partial charge is 0.469 e. The van der Waals surface area contributed by atoms with Gasteiger partial charge in [-0.1, -0.05) is 24.3 Å². The average molecular weight is 247 g/mol. The fourth-order valence-electron chi connectivity index (χ4n) is 2.76. The molecule has 0 unspecified atom stereocenters. The molecule has 0 atom stereocenters. The average Bonchev–Trinajstić information content (AvgIpc) is 2.37. The zero-order valence-corrected chi connectivity index (χ0v) is 11.4. The van der Waals surface area contributed by atoms with Crippen LogP contribution in [0.5, 0.6) is 0 Å². The molecule has 3 heteroatoms. The number of esters is 1. The quantitative estimate of drug-likeness (QED) is 0.768. The Balaban J connectivity index is 2.14. The molecular formula is C15H21NO2. The Hall–Kier alpha value is -1.35. The van der Waals surface area contributed by atoms with Crippen LogP contribution in [0.25, 0.3) is 0 Å². The summed E-state index contributed by atoms with van der Waals surface area (Å²) in [6, 6.07) is 8.58. The number of carbonyl (C=O) groups excluding carboxylic acids is 1. The summed E-state index contributed by atoms with van der Waals surface area (Å²) in [5, 5.41) is 0. The zero-order chi connectivity index (χ0) is 13.2. The summed E-state index contributed by atoms with van der Waals surface area (Å²) in [6.45, 7) is 6.21. The Morgan fingerprint density at radius 3 is 2.83 bits per heavy atom. The van der Waals surface area contributed by atoms with E-state index >= 15 is 0 Å². The Morgan fingerprint density at radius 2 is 2.11 bits per heavy atom. The molecule has 0 saturated heterocycles. The number of hydrogen-bond acceptors (Lipinski definition) is 3. The van der Waals surface area contributed by atoms with E-state index in [-0.39, 0.29) is 11.5 Å². The van der Waals surface area contributed by atoms with Gasteiger partial charge in [0.25, 0.3) is 0 Å². The van der Waals surface area contributed by atoms with Crippen molar-refractivity contribution in [3.05, 3.63) is 35.4 Å². The highest BCUT2D eigenvalue weighted by atomic mass is 16.5. The topological polar surface area (TPSA) is 29.5 Å². The van der Waals surface area contributed by atoms with Gasteiger partial charge in [0.15, 0.2) is 0 Å². The van der Waals surface area contributed by atoms with E-state index in [2.05, 4.69) is 43.0 Å². The molecule has 0 N–H and O–H groups in total. The molecule has 2 rings (SSSR count). The van der Waals surface area contributed by atoms with Crippen LogP contribution in [0.2, 0.25) is 0 Å². The lowest BCUT2D eigenvalue weighted by Gasteiger charge is -2.43. The summed E-state index contributed by atoms with van der Waals surface area (Å²) < 4.78 is 4.71. The first-order valence-electron chi connectivity index (χ1n) is 6.46. The highest BCUT2D eigenvalue weighted by Crippen LogP contribution is 2.34. The predicted molar refractivity (Wildman–Crippen MR) is 71.4 cm³/mol. The minimum atomic E-state index is -0.135. The van der Waals surface area contributed by atoms with E-state index in [0.29, 0.717) is 6.42 Å². The Bertz CT molecular complexity index is 440. The molecule has 0 radical (unpaired) electrons. The molecule has 0 aromatic heterocycles. The van der Waals surface area contributed by atoms with Gasteiger partial charge in [-0.05, 0) is 31.4 Å². The molecular weight excluding hydrogens is 226 g/mol. The van der Waals surface area contributed by atoms with Crippen molar-refractivity contribution in [1.29, 1.82) is 0 Å². The number of benzene rings is 1. The molecule has 0 fully saturated rings. The highest BCUT2D eigenvalue weighted by Gasteiger charge is 2.33. The zero-order valence-electron chi connectivity index (χ0n) is 11.4. The molecule has 1 aliphatic rings. The van der Waals surface area contributed by atoms with Gasteiger partial charge in [0.05, 0.1) is 13.5 Å². The second-order valence-corrected chi connectivity index (χ2v) is 5.28. The normalized spacial score (nSPS) is 18.2. The van der Waals surface area contributed by atoms with E-state index in [1.54, 1.807) is 0 Å². The van der Waals surface area contributed by atoms with Crippen LogP contribution in [0, 0.1) is 0 Å². The van der Waals surface area contributed by atoms with Gasteiger partial charge in [-0.2, -0.15) is 0 Å². The monoisotopic (exact) mass is 247 g/mol. The molecule has 1 aliphatic heterocycles. The van der Waals surface area contributed by atoms with Gasteiger partial charge >= 0.3 is 5.97 Å². The summed E-state index contributed by atoms with van der Waals surface area (Å²) in [5.41, 5.74) is 2.79. The molecule has 0 amide bonds. The predicted octanol–water partition coefficient (Wildman–Crippen LogP) is 2.34. The molecule has 0 aliphatic carbocycles. The van der Waals surface area contributed by atoms with Gasteiger partial charge in [-0.3, -0.25) is 9.69 Å². The Morgan fingerprint density at radius 1 is 1.39 bits per heavy atom. The molecule has 0 saturated carbocycles. The van der Waals surface area contributed by atoms with Crippen molar-refractivity contribution < 1.29 is 9.53 Å². The van der Waals surface area contributed by atoms with Gasteiger partial charge < -0.3 is 4.74 Å². The first-order chi connectivity index (χ1) is 8.55. The number of nitrogens with zero attached hydrogens (tertiary/aromatic N) is 1. The van der Waals surface area contributed by atoms with Crippen molar-refractivity contribution in [1.82, 2.24) is 4.90 Å². The standard InChI is InChI=1S/C15H21NO2/c1-15(2)13-7-5-4-6-12(13)8-10-16(15)11-9-14(17)18-3/h4-7H,8-11H2,1-3H3. The minimum absolute atomic E-state index is 0.0110. The first-order valence-corrected chi connectivity index (χ1v) is 6.46. The number of methoxy groups -OCH3 is 1. The lowest BCUT2D eigenvalue weighted by molar-refractivity contribution is -0.141. The summed E-state index contributed by atoms with van der Waals surface area (Å²) in [5.74, 6) is -0.135. The van der Waals surface area contributed by atoms with Gasteiger partial charge in [0.2, 0.25) is 0 Å². The van der Waals surface area contributed by atoms with E-state index in [1.165, 1.54) is 18.2 Å². The smallest absolute Gasteiger partial charge is 0.306 e. The highest BCUT2D eigenvalue weighted by molar-refractivity contribution is 5.69. The summed E-state index contributed by atoms with van der Waals surface area (Å²) >= 11 is 0. The molecule has 1 aromatic carbocycles. The third-order valence-corrected chi connectivity index (χ3v) is 3.93. The van der Waals surface area contributed by atoms with Gasteiger partial charge in [-0.25, -0.2) is 0 Å². The van der Waals surface area contributed by atoms with Crippen LogP contribution in [0.3, 0.4) is 0 Å². The summed E-state index contributed by atoms with van der Waals surface area (Å²) in [6.07, 6.45) is 1.52. The Kier molecular flexibility index (Phi) is 3.71. The van der Waals surface area contributed by atoms with Crippen LogP contribution >= 0.6 is 0 Å². The number of rotatable bonds is 3. The van der Waals surface area contributed by atoms with Crippen LogP contribution < -0.4 is 0 Å². The van der Waals surface area contributed by atoms with Crippen LogP contribution in [0.15, 0.2) is 24.3 Å². The van der Waals surface area contributed by atoms with Crippen molar-refractivity contribution >= 4 is 5.97 Å². The fraction of sp³-hybridized carbons (Fsp3) is 0.533.